The van der Waals surface area contributed by atoms with E-state index in [1.54, 1.807) is 71.7 Å². The van der Waals surface area contributed by atoms with Crippen LogP contribution in [-0.2, 0) is 18.5 Å². The van der Waals surface area contributed by atoms with Gasteiger partial charge in [0.05, 0.1) is 80.0 Å². The molecule has 14 aromatic rings. The van der Waals surface area contributed by atoms with E-state index in [-0.39, 0.29) is 49.3 Å². The van der Waals surface area contributed by atoms with Crippen LogP contribution in [0.25, 0.3) is 84.9 Å². The highest BCUT2D eigenvalue weighted by atomic mass is 35.5. The summed E-state index contributed by atoms with van der Waals surface area (Å²) in [5.41, 5.74) is 15.0. The molecular formula is C74H64Cl3F9N16. The molecule has 0 radical (unpaired) electrons. The normalized spacial score (nSPS) is 12.0. The average Bonchev–Trinajstić information content (AvgIpc) is 1.62. The zero-order valence-electron chi connectivity index (χ0n) is 54.6. The molecule has 0 aliphatic carbocycles. The van der Waals surface area contributed by atoms with Gasteiger partial charge in [-0.15, -0.1) is 37.2 Å². The highest BCUT2D eigenvalue weighted by molar-refractivity contribution is 5.86. The predicted molar refractivity (Wildman–Crippen MR) is 386 cm³/mol. The van der Waals surface area contributed by atoms with Crippen LogP contribution in [0.15, 0.2) is 231 Å². The molecule has 0 aliphatic heterocycles. The van der Waals surface area contributed by atoms with Crippen molar-refractivity contribution in [3.63, 3.8) is 0 Å². The number of nitrogens with zero attached hydrogens (tertiary/aromatic N) is 12. The topological polar surface area (TPSA) is 191 Å². The van der Waals surface area contributed by atoms with E-state index in [1.807, 2.05) is 146 Å². The molecule has 5 N–H and O–H groups in total. The predicted octanol–water partition coefficient (Wildman–Crippen LogP) is 19.0. The summed E-state index contributed by atoms with van der Waals surface area (Å²) >= 11 is 0. The first-order valence-corrected chi connectivity index (χ1v) is 31.1. The molecule has 0 aliphatic rings. The maximum absolute atomic E-state index is 13.4. The standard InChI is InChI=1S/2C27H22F3N5.C20H17F3N6.3ClH/c1-17-8-7-15-35-24(23(34-25(17)35)20-11-6-12-21(16-20)27(28,29)30)22-13-14-31-26(33-22)32-18(2)19-9-4-3-5-10-19;1-17-11-12-23-34-24(20-9-6-10-21(15-20)27(28,29)30)25(35(23)16-17)22-13-14-31-26(33-22)32-18(2)19-7-4-3-5-8-19;21-20(22,23)14-5-3-4-13(12-14)17-18(29-11-2-1-6-16(29)28-17)15-7-9-25-19(27-15)26-10-8-24;;;/h2*3-16,18H,1-2H3,(H,31,32,33);1-7,9,11-12H,8,10,24H2,(H,25,26,27);3*1H/t2*18-;;;;/m00..../s1. The Morgan fingerprint density at radius 1 is 0.412 bits per heavy atom. The van der Waals surface area contributed by atoms with Crippen LogP contribution in [-0.4, -0.2) is 71.1 Å². The number of rotatable bonds is 15. The number of halogens is 12. The molecular weight excluding hydrogens is 1390 g/mol. The second-order valence-electron chi connectivity index (χ2n) is 23.0. The molecule has 524 valence electrons. The maximum atomic E-state index is 13.4. The number of fused-ring (bicyclic) bond motifs is 3. The molecule has 0 spiro atoms. The first-order valence-electron chi connectivity index (χ1n) is 31.1. The first-order chi connectivity index (χ1) is 47.6. The van der Waals surface area contributed by atoms with Gasteiger partial charge in [0.1, 0.15) is 16.9 Å². The fraction of sp³-hybridized carbons (Fsp3) is 0.149. The van der Waals surface area contributed by atoms with Crippen LogP contribution >= 0.6 is 37.2 Å². The van der Waals surface area contributed by atoms with Gasteiger partial charge in [-0.1, -0.05) is 115 Å². The lowest BCUT2D eigenvalue weighted by Gasteiger charge is -2.15. The molecule has 0 saturated carbocycles. The van der Waals surface area contributed by atoms with Crippen molar-refractivity contribution in [3.8, 4) is 67.9 Å². The molecule has 5 aromatic carbocycles. The van der Waals surface area contributed by atoms with E-state index in [9.17, 15) is 39.5 Å². The van der Waals surface area contributed by atoms with Crippen molar-refractivity contribution in [1.82, 2.24) is 58.1 Å². The summed E-state index contributed by atoms with van der Waals surface area (Å²) in [4.78, 5) is 40.8. The summed E-state index contributed by atoms with van der Waals surface area (Å²) in [6.45, 7) is 8.79. The molecule has 14 rings (SSSR count). The van der Waals surface area contributed by atoms with E-state index in [0.717, 1.165) is 58.7 Å². The zero-order chi connectivity index (χ0) is 69.6. The minimum absolute atomic E-state index is 0. The van der Waals surface area contributed by atoms with Crippen LogP contribution in [0.2, 0.25) is 0 Å². The molecule has 0 amide bonds. The lowest BCUT2D eigenvalue weighted by Crippen LogP contribution is -2.14. The van der Waals surface area contributed by atoms with Crippen molar-refractivity contribution in [2.45, 2.75) is 58.3 Å². The number of alkyl halides is 9. The van der Waals surface area contributed by atoms with E-state index >= 15 is 0 Å². The van der Waals surface area contributed by atoms with Gasteiger partial charge in [0.15, 0.2) is 0 Å². The lowest BCUT2D eigenvalue weighted by molar-refractivity contribution is -0.138. The molecule has 0 fully saturated rings. The van der Waals surface area contributed by atoms with E-state index in [2.05, 4.69) is 45.9 Å². The summed E-state index contributed by atoms with van der Waals surface area (Å²) in [6, 6.07) is 53.4. The Hall–Kier alpha value is -11.0. The van der Waals surface area contributed by atoms with Gasteiger partial charge in [-0.3, -0.25) is 13.2 Å². The average molecular weight is 1450 g/mol. The molecule has 9 heterocycles. The van der Waals surface area contributed by atoms with Gasteiger partial charge in [-0.2, -0.15) is 39.5 Å². The van der Waals surface area contributed by atoms with Crippen LogP contribution in [0, 0.1) is 13.8 Å². The number of hydrogen-bond acceptors (Lipinski definition) is 13. The number of aromatic nitrogens is 12. The minimum Gasteiger partial charge on any atom is -0.353 e. The smallest absolute Gasteiger partial charge is 0.353 e. The minimum atomic E-state index is -4.45. The molecule has 16 nitrogen and oxygen atoms in total. The second kappa shape index (κ2) is 32.1. The highest BCUT2D eigenvalue weighted by Crippen LogP contribution is 2.41. The monoisotopic (exact) mass is 1450 g/mol. The Kier molecular flexibility index (Phi) is 23.7. The van der Waals surface area contributed by atoms with E-state index < -0.39 is 35.2 Å². The van der Waals surface area contributed by atoms with Gasteiger partial charge < -0.3 is 21.7 Å². The van der Waals surface area contributed by atoms with Crippen LogP contribution in [0.4, 0.5) is 57.4 Å². The number of hydrogen-bond donors (Lipinski definition) is 4. The van der Waals surface area contributed by atoms with Gasteiger partial charge in [0.2, 0.25) is 17.8 Å². The van der Waals surface area contributed by atoms with Gasteiger partial charge in [0.25, 0.3) is 0 Å². The first kappa shape index (κ1) is 75.2. The fourth-order valence-electron chi connectivity index (χ4n) is 11.1. The summed E-state index contributed by atoms with van der Waals surface area (Å²) < 4.78 is 126. The third-order valence-electron chi connectivity index (χ3n) is 15.9. The quantitative estimate of drug-likeness (QED) is 0.0710. The molecule has 9 aromatic heterocycles. The van der Waals surface area contributed by atoms with Gasteiger partial charge >= 0.3 is 18.5 Å². The summed E-state index contributed by atoms with van der Waals surface area (Å²) in [7, 11) is 0. The van der Waals surface area contributed by atoms with Crippen LogP contribution in [0.5, 0.6) is 0 Å². The van der Waals surface area contributed by atoms with E-state index in [1.165, 1.54) is 18.2 Å². The van der Waals surface area contributed by atoms with Crippen molar-refractivity contribution < 1.29 is 39.5 Å². The molecule has 0 unspecified atom stereocenters. The molecule has 0 bridgehead atoms. The van der Waals surface area contributed by atoms with Crippen LogP contribution < -0.4 is 21.7 Å². The van der Waals surface area contributed by atoms with Gasteiger partial charge in [-0.25, -0.2) is 44.9 Å². The Balaban J connectivity index is 0.000000176. The summed E-state index contributed by atoms with van der Waals surface area (Å²) in [6.07, 6.45) is -2.97. The number of imidazole rings is 3. The second-order valence-corrected chi connectivity index (χ2v) is 23.0. The lowest BCUT2D eigenvalue weighted by atomic mass is 10.0. The highest BCUT2D eigenvalue weighted by Gasteiger charge is 2.34. The number of benzene rings is 5. The zero-order valence-corrected chi connectivity index (χ0v) is 57.0. The van der Waals surface area contributed by atoms with Crippen molar-refractivity contribution in [2.75, 3.05) is 29.0 Å². The summed E-state index contributed by atoms with van der Waals surface area (Å²) in [5.74, 6) is 1.21. The van der Waals surface area contributed by atoms with Gasteiger partial charge in [-0.05, 0) is 129 Å². The Morgan fingerprint density at radius 3 is 1.29 bits per heavy atom. The Morgan fingerprint density at radius 2 is 0.824 bits per heavy atom. The van der Waals surface area contributed by atoms with E-state index in [4.69, 9.17) is 20.7 Å². The number of aryl methyl sites for hydroxylation is 2. The Labute approximate surface area is 597 Å². The number of pyridine rings is 3. The number of nitrogens with two attached hydrogens (primary N) is 1. The van der Waals surface area contributed by atoms with E-state index in [0.29, 0.717) is 116 Å². The van der Waals surface area contributed by atoms with Crippen LogP contribution in [0.1, 0.15) is 64.9 Å². The molecule has 102 heavy (non-hydrogen) atoms. The van der Waals surface area contributed by atoms with Crippen molar-refractivity contribution in [2.24, 2.45) is 5.73 Å². The van der Waals surface area contributed by atoms with Crippen molar-refractivity contribution in [1.29, 1.82) is 0 Å². The molecule has 2 atom stereocenters. The molecule has 0 saturated heterocycles. The SMILES string of the molecule is Cc1ccc2nc(-c3cccc(C(F)(F)F)c3)c(-c3ccnc(N[C@@H](C)c4ccccc4)n3)n2c1.Cc1cccn2c(-c3ccnc(N[C@@H](C)c4ccccc4)n3)c(-c3cccc(C(F)(F)F)c3)nc12.Cl.Cl.Cl.NCCNc1nccc(-c2c(-c3cccc(C(F)(F)F)c3)nc3ccccn23)n1. The van der Waals surface area contributed by atoms with Crippen molar-refractivity contribution >= 4 is 72.0 Å². The fourth-order valence-corrected chi connectivity index (χ4v) is 11.1. The summed E-state index contributed by atoms with van der Waals surface area (Å²) in [5, 5.41) is 9.62. The largest absolute Gasteiger partial charge is 0.416 e. The van der Waals surface area contributed by atoms with Gasteiger partial charge in [0, 0.05) is 67.0 Å². The maximum Gasteiger partial charge on any atom is 0.416 e. The third kappa shape index (κ3) is 17.1. The molecule has 28 heteroatoms. The van der Waals surface area contributed by atoms with Crippen LogP contribution in [0.3, 0.4) is 0 Å². The number of nitrogens with one attached hydrogen (secondary N) is 3. The third-order valence-corrected chi connectivity index (χ3v) is 15.9. The van der Waals surface area contributed by atoms with Crippen molar-refractivity contribution in [3.05, 3.63) is 270 Å². The Bertz CT molecular complexity index is 5070. The number of anilines is 3.